The van der Waals surface area contributed by atoms with E-state index in [1.807, 2.05) is 0 Å². The monoisotopic (exact) mass is 362 g/mol. The Morgan fingerprint density at radius 2 is 1.96 bits per heavy atom. The van der Waals surface area contributed by atoms with Crippen molar-refractivity contribution in [3.8, 4) is 5.75 Å². The Kier molecular flexibility index (Phi) is 6.01. The molecule has 1 aliphatic heterocycles. The number of carbonyl (C=O) groups is 1. The van der Waals surface area contributed by atoms with E-state index in [1.165, 1.54) is 6.07 Å². The minimum Gasteiger partial charge on any atom is -0.508 e. The van der Waals surface area contributed by atoms with Crippen LogP contribution in [0.25, 0.3) is 0 Å². The summed E-state index contributed by atoms with van der Waals surface area (Å²) in [5, 5.41) is 25.2. The van der Waals surface area contributed by atoms with Crippen molar-refractivity contribution >= 4 is 6.03 Å². The first-order chi connectivity index (χ1) is 12.5. The van der Waals surface area contributed by atoms with Gasteiger partial charge in [-0.15, -0.1) is 0 Å². The van der Waals surface area contributed by atoms with Gasteiger partial charge in [-0.2, -0.15) is 0 Å². The molecule has 7 nitrogen and oxygen atoms in total. The van der Waals surface area contributed by atoms with E-state index >= 15 is 0 Å². The van der Waals surface area contributed by atoms with E-state index in [2.05, 4.69) is 27.5 Å². The van der Waals surface area contributed by atoms with E-state index in [0.717, 1.165) is 45.6 Å². The number of likely N-dealkylation sites (N-methyl/N-ethyl adjacent to an activating group) is 1. The molecule has 0 spiro atoms. The van der Waals surface area contributed by atoms with Gasteiger partial charge >= 0.3 is 6.03 Å². The fourth-order valence-electron chi connectivity index (χ4n) is 3.42. The maximum atomic E-state index is 12.1. The smallest absolute Gasteiger partial charge is 0.314 e. The molecule has 1 atom stereocenters. The van der Waals surface area contributed by atoms with E-state index in [4.69, 9.17) is 0 Å². The molecule has 2 aliphatic rings. The van der Waals surface area contributed by atoms with Crippen LogP contribution in [0.2, 0.25) is 0 Å². The third-order valence-electron chi connectivity index (χ3n) is 5.45. The molecule has 144 valence electrons. The molecule has 3 rings (SSSR count). The van der Waals surface area contributed by atoms with Gasteiger partial charge in [-0.25, -0.2) is 4.79 Å². The van der Waals surface area contributed by atoms with Gasteiger partial charge in [-0.1, -0.05) is 12.1 Å². The van der Waals surface area contributed by atoms with E-state index in [1.54, 1.807) is 18.2 Å². The van der Waals surface area contributed by atoms with Gasteiger partial charge in [0.15, 0.2) is 0 Å². The highest BCUT2D eigenvalue weighted by molar-refractivity contribution is 5.74. The SMILES string of the molecule is CN1CCN(CC2(CNC(=O)NC[C@@H](O)c3cccc(O)c3)CC2)CC1. The highest BCUT2D eigenvalue weighted by Crippen LogP contribution is 2.45. The standard InChI is InChI=1S/C19H30N4O3/c1-22-7-9-23(10-8-22)14-19(5-6-19)13-21-18(26)20-12-17(25)15-3-2-4-16(24)11-15/h2-4,11,17,24-25H,5-10,12-14H2,1H3,(H2,20,21,26)/t17-/m1/s1. The molecule has 2 amide bonds. The van der Waals surface area contributed by atoms with E-state index < -0.39 is 6.10 Å². The number of piperazine rings is 1. The van der Waals surface area contributed by atoms with Gasteiger partial charge in [0.2, 0.25) is 0 Å². The lowest BCUT2D eigenvalue weighted by Crippen LogP contribution is -2.48. The molecule has 0 radical (unpaired) electrons. The summed E-state index contributed by atoms with van der Waals surface area (Å²) in [7, 11) is 2.15. The van der Waals surface area contributed by atoms with Crippen molar-refractivity contribution in [2.75, 3.05) is 52.9 Å². The molecule has 4 N–H and O–H groups in total. The Bertz CT molecular complexity index is 613. The van der Waals surface area contributed by atoms with Crippen molar-refractivity contribution in [1.82, 2.24) is 20.4 Å². The maximum absolute atomic E-state index is 12.1. The number of phenolic OH excluding ortho intramolecular Hbond substituents is 1. The summed E-state index contributed by atoms with van der Waals surface area (Å²) in [4.78, 5) is 16.9. The van der Waals surface area contributed by atoms with E-state index in [9.17, 15) is 15.0 Å². The van der Waals surface area contributed by atoms with Gasteiger partial charge in [0.1, 0.15) is 5.75 Å². The molecule has 1 saturated heterocycles. The van der Waals surface area contributed by atoms with Crippen molar-refractivity contribution in [3.05, 3.63) is 29.8 Å². The van der Waals surface area contributed by atoms with Gasteiger partial charge in [0.05, 0.1) is 6.10 Å². The number of nitrogens with one attached hydrogen (secondary N) is 2. The van der Waals surface area contributed by atoms with Gasteiger partial charge < -0.3 is 30.6 Å². The summed E-state index contributed by atoms with van der Waals surface area (Å²) >= 11 is 0. The Hall–Kier alpha value is -1.83. The van der Waals surface area contributed by atoms with Crippen LogP contribution in [-0.2, 0) is 0 Å². The van der Waals surface area contributed by atoms with E-state index in [-0.39, 0.29) is 23.7 Å². The first-order valence-corrected chi connectivity index (χ1v) is 9.35. The lowest BCUT2D eigenvalue weighted by atomic mass is 10.1. The highest BCUT2D eigenvalue weighted by atomic mass is 16.3. The Labute approximate surface area is 155 Å². The lowest BCUT2D eigenvalue weighted by Gasteiger charge is -2.34. The predicted molar refractivity (Wildman–Crippen MR) is 100 cm³/mol. The lowest BCUT2D eigenvalue weighted by molar-refractivity contribution is 0.129. The van der Waals surface area contributed by atoms with Crippen LogP contribution in [-0.4, -0.2) is 78.9 Å². The zero-order valence-corrected chi connectivity index (χ0v) is 15.4. The summed E-state index contributed by atoms with van der Waals surface area (Å²) in [6.07, 6.45) is 1.48. The van der Waals surface area contributed by atoms with Crippen LogP contribution < -0.4 is 10.6 Å². The second-order valence-corrected chi connectivity index (χ2v) is 7.75. The van der Waals surface area contributed by atoms with Crippen LogP contribution in [0.5, 0.6) is 5.75 Å². The summed E-state index contributed by atoms with van der Waals surface area (Å²) in [5.74, 6) is 0.102. The first kappa shape index (κ1) is 18.9. The van der Waals surface area contributed by atoms with Crippen LogP contribution in [0, 0.1) is 5.41 Å². The van der Waals surface area contributed by atoms with Crippen molar-refractivity contribution in [2.24, 2.45) is 5.41 Å². The molecule has 26 heavy (non-hydrogen) atoms. The molecular weight excluding hydrogens is 332 g/mol. The molecule has 1 aromatic carbocycles. The molecular formula is C19H30N4O3. The molecule has 0 aromatic heterocycles. The third-order valence-corrected chi connectivity index (χ3v) is 5.45. The number of amides is 2. The number of hydrogen-bond donors (Lipinski definition) is 4. The highest BCUT2D eigenvalue weighted by Gasteiger charge is 2.44. The summed E-state index contributed by atoms with van der Waals surface area (Å²) in [5.41, 5.74) is 0.802. The fraction of sp³-hybridized carbons (Fsp3) is 0.632. The first-order valence-electron chi connectivity index (χ1n) is 9.35. The number of hydrogen-bond acceptors (Lipinski definition) is 5. The quantitative estimate of drug-likeness (QED) is 0.575. The molecule has 0 bridgehead atoms. The Morgan fingerprint density at radius 1 is 1.23 bits per heavy atom. The number of benzene rings is 1. The van der Waals surface area contributed by atoms with Gasteiger partial charge in [-0.3, -0.25) is 0 Å². The number of carbonyl (C=O) groups excluding carboxylic acids is 1. The third kappa shape index (κ3) is 5.33. The van der Waals surface area contributed by atoms with Crippen molar-refractivity contribution in [2.45, 2.75) is 18.9 Å². The van der Waals surface area contributed by atoms with Gasteiger partial charge in [-0.05, 0) is 37.6 Å². The minimum atomic E-state index is -0.840. The largest absolute Gasteiger partial charge is 0.508 e. The summed E-state index contributed by atoms with van der Waals surface area (Å²) < 4.78 is 0. The number of phenols is 1. The molecule has 1 aromatic rings. The summed E-state index contributed by atoms with van der Waals surface area (Å²) in [6.45, 7) is 6.25. The molecule has 1 aliphatic carbocycles. The molecule has 7 heteroatoms. The topological polar surface area (TPSA) is 88.1 Å². The molecule has 2 fully saturated rings. The van der Waals surface area contributed by atoms with Crippen molar-refractivity contribution in [1.29, 1.82) is 0 Å². The average Bonchev–Trinajstić information content (AvgIpc) is 3.40. The zero-order valence-electron chi connectivity index (χ0n) is 15.4. The van der Waals surface area contributed by atoms with Crippen LogP contribution in [0.15, 0.2) is 24.3 Å². The molecule has 1 heterocycles. The van der Waals surface area contributed by atoms with Crippen LogP contribution in [0.4, 0.5) is 4.79 Å². The maximum Gasteiger partial charge on any atom is 0.314 e. The second kappa shape index (κ2) is 8.24. The van der Waals surface area contributed by atoms with Crippen LogP contribution in [0.1, 0.15) is 24.5 Å². The molecule has 1 saturated carbocycles. The Balaban J connectivity index is 1.37. The van der Waals surface area contributed by atoms with Crippen molar-refractivity contribution < 1.29 is 15.0 Å². The Morgan fingerprint density at radius 3 is 2.62 bits per heavy atom. The van der Waals surface area contributed by atoms with Gasteiger partial charge in [0, 0.05) is 51.2 Å². The summed E-state index contributed by atoms with van der Waals surface area (Å²) in [6, 6.07) is 6.18. The number of urea groups is 1. The van der Waals surface area contributed by atoms with E-state index in [0.29, 0.717) is 12.1 Å². The van der Waals surface area contributed by atoms with Crippen LogP contribution >= 0.6 is 0 Å². The number of rotatable bonds is 7. The second-order valence-electron chi connectivity index (χ2n) is 7.75. The van der Waals surface area contributed by atoms with Crippen LogP contribution in [0.3, 0.4) is 0 Å². The fourth-order valence-corrected chi connectivity index (χ4v) is 3.42. The minimum absolute atomic E-state index is 0.102. The number of aliphatic hydroxyl groups is 1. The molecule has 0 unspecified atom stereocenters. The zero-order chi connectivity index (χ0) is 18.6. The number of nitrogens with zero attached hydrogens (tertiary/aromatic N) is 2. The van der Waals surface area contributed by atoms with Gasteiger partial charge in [0.25, 0.3) is 0 Å². The number of aliphatic hydroxyl groups excluding tert-OH is 1. The predicted octanol–water partition coefficient (Wildman–Crippen LogP) is 0.752. The van der Waals surface area contributed by atoms with Crippen molar-refractivity contribution in [3.63, 3.8) is 0 Å². The number of aromatic hydroxyl groups is 1. The normalized spacial score (nSPS) is 21.2. The average molecular weight is 362 g/mol.